The first-order valence-electron chi connectivity index (χ1n) is 6.08. The third-order valence-corrected chi connectivity index (χ3v) is 3.51. The molecule has 0 saturated heterocycles. The summed E-state index contributed by atoms with van der Waals surface area (Å²) in [5.74, 6) is 1.74. The lowest BCUT2D eigenvalue weighted by Gasteiger charge is -2.28. The molecule has 1 fully saturated rings. The van der Waals surface area contributed by atoms with Crippen LogP contribution in [0.2, 0.25) is 0 Å². The van der Waals surface area contributed by atoms with E-state index in [4.69, 9.17) is 10.2 Å². The second-order valence-electron chi connectivity index (χ2n) is 4.62. The quantitative estimate of drug-likeness (QED) is 0.691. The second-order valence-corrected chi connectivity index (χ2v) is 4.62. The smallest absolute Gasteiger partial charge is 0.0431 e. The first-order chi connectivity index (χ1) is 6.86. The van der Waals surface area contributed by atoms with Gasteiger partial charge in [-0.15, -0.1) is 0 Å². The lowest BCUT2D eigenvalue weighted by atomic mass is 9.78. The van der Waals surface area contributed by atoms with E-state index in [1.807, 2.05) is 0 Å². The normalized spacial score (nSPS) is 27.9. The van der Waals surface area contributed by atoms with Gasteiger partial charge in [-0.2, -0.15) is 0 Å². The molecule has 1 rings (SSSR count). The van der Waals surface area contributed by atoms with E-state index in [1.165, 1.54) is 38.5 Å². The Morgan fingerprint density at radius 1 is 0.714 bits per heavy atom. The molecule has 0 atom stereocenters. The van der Waals surface area contributed by atoms with E-state index in [0.717, 1.165) is 24.7 Å². The van der Waals surface area contributed by atoms with Crippen LogP contribution in [0.3, 0.4) is 0 Å². The Balaban J connectivity index is 2.05. The van der Waals surface area contributed by atoms with Crippen LogP contribution in [0, 0.1) is 11.8 Å². The first-order valence-corrected chi connectivity index (χ1v) is 6.08. The topological polar surface area (TPSA) is 40.5 Å². The maximum atomic E-state index is 8.74. The Hall–Kier alpha value is -0.0800. The minimum atomic E-state index is 0.352. The SMILES string of the molecule is OCCCC1CCC(CCCO)CC1. The van der Waals surface area contributed by atoms with E-state index >= 15 is 0 Å². The zero-order valence-electron chi connectivity index (χ0n) is 9.12. The molecule has 2 N–H and O–H groups in total. The lowest BCUT2D eigenvalue weighted by molar-refractivity contribution is 0.209. The van der Waals surface area contributed by atoms with Crippen molar-refractivity contribution >= 4 is 0 Å². The van der Waals surface area contributed by atoms with E-state index in [2.05, 4.69) is 0 Å². The molecular weight excluding hydrogens is 176 g/mol. The molecular formula is C12H24O2. The highest BCUT2D eigenvalue weighted by atomic mass is 16.3. The van der Waals surface area contributed by atoms with Gasteiger partial charge in [-0.05, 0) is 37.5 Å². The van der Waals surface area contributed by atoms with Crippen LogP contribution in [0.1, 0.15) is 51.4 Å². The van der Waals surface area contributed by atoms with Crippen molar-refractivity contribution in [3.63, 3.8) is 0 Å². The largest absolute Gasteiger partial charge is 0.396 e. The molecule has 1 aliphatic rings. The highest BCUT2D eigenvalue weighted by Crippen LogP contribution is 2.33. The van der Waals surface area contributed by atoms with Crippen LogP contribution in [0.4, 0.5) is 0 Å². The van der Waals surface area contributed by atoms with Crippen molar-refractivity contribution in [1.29, 1.82) is 0 Å². The standard InChI is InChI=1S/C12H24O2/c13-9-1-3-11-5-7-12(8-6-11)4-2-10-14/h11-14H,1-10H2. The van der Waals surface area contributed by atoms with Crippen molar-refractivity contribution in [3.05, 3.63) is 0 Å². The molecule has 0 aliphatic heterocycles. The summed E-state index contributed by atoms with van der Waals surface area (Å²) < 4.78 is 0. The fourth-order valence-corrected chi connectivity index (χ4v) is 2.57. The third kappa shape index (κ3) is 4.43. The van der Waals surface area contributed by atoms with Gasteiger partial charge in [0.1, 0.15) is 0 Å². The van der Waals surface area contributed by atoms with Crippen molar-refractivity contribution in [2.45, 2.75) is 51.4 Å². The summed E-state index contributed by atoms with van der Waals surface area (Å²) in [6, 6.07) is 0. The van der Waals surface area contributed by atoms with E-state index in [9.17, 15) is 0 Å². The molecule has 0 aromatic carbocycles. The van der Waals surface area contributed by atoms with Gasteiger partial charge in [-0.1, -0.05) is 25.7 Å². The Morgan fingerprint density at radius 2 is 1.07 bits per heavy atom. The summed E-state index contributed by atoms with van der Waals surface area (Å²) in [4.78, 5) is 0. The Bertz CT molecular complexity index is 112. The molecule has 0 bridgehead atoms. The maximum Gasteiger partial charge on any atom is 0.0431 e. The molecule has 84 valence electrons. The van der Waals surface area contributed by atoms with E-state index in [1.54, 1.807) is 0 Å². The monoisotopic (exact) mass is 200 g/mol. The zero-order chi connectivity index (χ0) is 10.2. The van der Waals surface area contributed by atoms with Crippen molar-refractivity contribution in [2.75, 3.05) is 13.2 Å². The van der Waals surface area contributed by atoms with Gasteiger partial charge in [0.15, 0.2) is 0 Å². The fourth-order valence-electron chi connectivity index (χ4n) is 2.57. The average Bonchev–Trinajstić information content (AvgIpc) is 2.25. The number of aliphatic hydroxyl groups is 2. The lowest BCUT2D eigenvalue weighted by Crippen LogP contribution is -2.15. The molecule has 1 aliphatic carbocycles. The fraction of sp³-hybridized carbons (Fsp3) is 1.00. The van der Waals surface area contributed by atoms with Crippen molar-refractivity contribution in [2.24, 2.45) is 11.8 Å². The predicted octanol–water partition coefficient (Wildman–Crippen LogP) is 2.34. The van der Waals surface area contributed by atoms with Crippen LogP contribution < -0.4 is 0 Å². The molecule has 0 heterocycles. The first kappa shape index (κ1) is 12.0. The van der Waals surface area contributed by atoms with Gasteiger partial charge in [-0.25, -0.2) is 0 Å². The molecule has 0 amide bonds. The maximum absolute atomic E-state index is 8.74. The van der Waals surface area contributed by atoms with Crippen molar-refractivity contribution in [3.8, 4) is 0 Å². The number of hydrogen-bond donors (Lipinski definition) is 2. The molecule has 2 nitrogen and oxygen atoms in total. The third-order valence-electron chi connectivity index (χ3n) is 3.51. The second kappa shape index (κ2) is 7.24. The van der Waals surface area contributed by atoms with E-state index in [-0.39, 0.29) is 0 Å². The van der Waals surface area contributed by atoms with Crippen molar-refractivity contribution < 1.29 is 10.2 Å². The van der Waals surface area contributed by atoms with Gasteiger partial charge in [-0.3, -0.25) is 0 Å². The van der Waals surface area contributed by atoms with Gasteiger partial charge < -0.3 is 10.2 Å². The highest BCUT2D eigenvalue weighted by Gasteiger charge is 2.20. The molecule has 0 aromatic rings. The minimum absolute atomic E-state index is 0.352. The molecule has 2 heteroatoms. The van der Waals surface area contributed by atoms with Gasteiger partial charge >= 0.3 is 0 Å². The number of rotatable bonds is 6. The predicted molar refractivity (Wildman–Crippen MR) is 58.1 cm³/mol. The van der Waals surface area contributed by atoms with Crippen molar-refractivity contribution in [1.82, 2.24) is 0 Å². The molecule has 0 radical (unpaired) electrons. The Labute approximate surface area is 87.3 Å². The molecule has 14 heavy (non-hydrogen) atoms. The van der Waals surface area contributed by atoms with E-state index < -0.39 is 0 Å². The van der Waals surface area contributed by atoms with Gasteiger partial charge in [0.05, 0.1) is 0 Å². The molecule has 1 saturated carbocycles. The number of hydrogen-bond acceptors (Lipinski definition) is 2. The molecule has 0 unspecified atom stereocenters. The summed E-state index contributed by atoms with van der Waals surface area (Å²) in [7, 11) is 0. The molecule has 0 spiro atoms. The van der Waals surface area contributed by atoms with Gasteiger partial charge in [0, 0.05) is 13.2 Å². The average molecular weight is 200 g/mol. The summed E-state index contributed by atoms with van der Waals surface area (Å²) in [5, 5.41) is 17.5. The molecule has 0 aromatic heterocycles. The highest BCUT2D eigenvalue weighted by molar-refractivity contribution is 4.72. The summed E-state index contributed by atoms with van der Waals surface area (Å²) in [6.07, 6.45) is 9.75. The van der Waals surface area contributed by atoms with E-state index in [0.29, 0.717) is 13.2 Å². The number of aliphatic hydroxyl groups excluding tert-OH is 2. The van der Waals surface area contributed by atoms with Crippen LogP contribution >= 0.6 is 0 Å². The Morgan fingerprint density at radius 3 is 1.36 bits per heavy atom. The summed E-state index contributed by atoms with van der Waals surface area (Å²) >= 11 is 0. The summed E-state index contributed by atoms with van der Waals surface area (Å²) in [5.41, 5.74) is 0. The van der Waals surface area contributed by atoms with Crippen LogP contribution in [0.15, 0.2) is 0 Å². The minimum Gasteiger partial charge on any atom is -0.396 e. The zero-order valence-corrected chi connectivity index (χ0v) is 9.12. The Kier molecular flexibility index (Phi) is 6.20. The van der Waals surface area contributed by atoms with Gasteiger partial charge in [0.25, 0.3) is 0 Å². The van der Waals surface area contributed by atoms with Crippen LogP contribution in [-0.4, -0.2) is 23.4 Å². The van der Waals surface area contributed by atoms with Crippen LogP contribution in [-0.2, 0) is 0 Å². The van der Waals surface area contributed by atoms with Gasteiger partial charge in [0.2, 0.25) is 0 Å². The summed E-state index contributed by atoms with van der Waals surface area (Å²) in [6.45, 7) is 0.703. The van der Waals surface area contributed by atoms with Crippen LogP contribution in [0.25, 0.3) is 0 Å². The van der Waals surface area contributed by atoms with Crippen LogP contribution in [0.5, 0.6) is 0 Å².